The van der Waals surface area contributed by atoms with Gasteiger partial charge in [0.15, 0.2) is 0 Å². The van der Waals surface area contributed by atoms with Gasteiger partial charge in [-0.25, -0.2) is 0 Å². The third-order valence-electron chi connectivity index (χ3n) is 2.22. The second-order valence-electron chi connectivity index (χ2n) is 3.33. The minimum Gasteiger partial charge on any atom is -0.380 e. The molecule has 0 aromatic rings. The van der Waals surface area contributed by atoms with E-state index in [0.717, 1.165) is 26.4 Å². The van der Waals surface area contributed by atoms with Crippen molar-refractivity contribution in [3.05, 3.63) is 0 Å². The molecule has 58 valence electrons. The second kappa shape index (κ2) is 2.19. The maximum Gasteiger partial charge on any atom is 0.105 e. The standard InChI is InChI=1S/C7H13NO2/c1-6-8-2-7(5-10-6)3-9-4-7/h6,8H,2-5H2,1H3. The maximum absolute atomic E-state index is 5.44. The molecule has 0 saturated carbocycles. The molecule has 0 aromatic carbocycles. The van der Waals surface area contributed by atoms with Crippen molar-refractivity contribution >= 4 is 0 Å². The Morgan fingerprint density at radius 1 is 1.40 bits per heavy atom. The molecule has 1 atom stereocenters. The van der Waals surface area contributed by atoms with Gasteiger partial charge in [0, 0.05) is 6.54 Å². The van der Waals surface area contributed by atoms with Crippen molar-refractivity contribution in [1.82, 2.24) is 5.32 Å². The largest absolute Gasteiger partial charge is 0.380 e. The highest BCUT2D eigenvalue weighted by Crippen LogP contribution is 2.29. The molecule has 2 heterocycles. The Hall–Kier alpha value is -0.120. The molecule has 0 aliphatic carbocycles. The first-order valence-electron chi connectivity index (χ1n) is 3.74. The topological polar surface area (TPSA) is 30.5 Å². The van der Waals surface area contributed by atoms with Gasteiger partial charge in [-0.3, -0.25) is 5.32 Å². The molecule has 2 fully saturated rings. The zero-order valence-electron chi connectivity index (χ0n) is 6.22. The summed E-state index contributed by atoms with van der Waals surface area (Å²) >= 11 is 0. The van der Waals surface area contributed by atoms with Gasteiger partial charge in [0.05, 0.1) is 25.2 Å². The van der Waals surface area contributed by atoms with Gasteiger partial charge >= 0.3 is 0 Å². The van der Waals surface area contributed by atoms with E-state index in [0.29, 0.717) is 5.41 Å². The van der Waals surface area contributed by atoms with Crippen molar-refractivity contribution in [3.63, 3.8) is 0 Å². The van der Waals surface area contributed by atoms with Gasteiger partial charge in [-0.05, 0) is 6.92 Å². The average Bonchev–Trinajstić information content (AvgIpc) is 1.86. The van der Waals surface area contributed by atoms with Crippen LogP contribution >= 0.6 is 0 Å². The zero-order valence-corrected chi connectivity index (χ0v) is 6.22. The van der Waals surface area contributed by atoms with Crippen molar-refractivity contribution < 1.29 is 9.47 Å². The smallest absolute Gasteiger partial charge is 0.105 e. The van der Waals surface area contributed by atoms with E-state index in [-0.39, 0.29) is 6.23 Å². The van der Waals surface area contributed by atoms with Gasteiger partial charge in [-0.2, -0.15) is 0 Å². The fourth-order valence-corrected chi connectivity index (χ4v) is 1.35. The van der Waals surface area contributed by atoms with E-state index < -0.39 is 0 Å². The molecule has 1 N–H and O–H groups in total. The molecule has 3 nitrogen and oxygen atoms in total. The fourth-order valence-electron chi connectivity index (χ4n) is 1.35. The van der Waals surface area contributed by atoms with Gasteiger partial charge in [0.2, 0.25) is 0 Å². The van der Waals surface area contributed by atoms with Crippen LogP contribution in [0.5, 0.6) is 0 Å². The fraction of sp³-hybridized carbons (Fsp3) is 1.00. The Kier molecular flexibility index (Phi) is 1.44. The van der Waals surface area contributed by atoms with E-state index in [1.807, 2.05) is 6.92 Å². The van der Waals surface area contributed by atoms with Crippen molar-refractivity contribution in [2.75, 3.05) is 26.4 Å². The Balaban J connectivity index is 1.90. The van der Waals surface area contributed by atoms with Gasteiger partial charge in [0.1, 0.15) is 6.23 Å². The second-order valence-corrected chi connectivity index (χ2v) is 3.33. The predicted octanol–water partition coefficient (Wildman–Crippen LogP) is -0.0312. The lowest BCUT2D eigenvalue weighted by Crippen LogP contribution is -2.58. The third kappa shape index (κ3) is 0.944. The lowest BCUT2D eigenvalue weighted by Gasteiger charge is -2.45. The Morgan fingerprint density at radius 3 is 2.60 bits per heavy atom. The summed E-state index contributed by atoms with van der Waals surface area (Å²) in [5.74, 6) is 0. The quantitative estimate of drug-likeness (QED) is 0.516. The lowest BCUT2D eigenvalue weighted by atomic mass is 9.86. The number of rotatable bonds is 0. The molecule has 10 heavy (non-hydrogen) atoms. The molecule has 0 radical (unpaired) electrons. The highest BCUT2D eigenvalue weighted by Gasteiger charge is 2.41. The highest BCUT2D eigenvalue weighted by molar-refractivity contribution is 4.90. The zero-order chi connectivity index (χ0) is 7.03. The van der Waals surface area contributed by atoms with Crippen LogP contribution < -0.4 is 5.32 Å². The molecule has 3 heteroatoms. The van der Waals surface area contributed by atoms with Gasteiger partial charge in [-0.15, -0.1) is 0 Å². The van der Waals surface area contributed by atoms with Gasteiger partial charge in [0.25, 0.3) is 0 Å². The predicted molar refractivity (Wildman–Crippen MR) is 36.7 cm³/mol. The van der Waals surface area contributed by atoms with Crippen LogP contribution in [0.2, 0.25) is 0 Å². The molecule has 1 unspecified atom stereocenters. The lowest BCUT2D eigenvalue weighted by molar-refractivity contribution is -0.185. The number of ether oxygens (including phenoxy) is 2. The number of hydrogen-bond acceptors (Lipinski definition) is 3. The van der Waals surface area contributed by atoms with E-state index in [1.165, 1.54) is 0 Å². The van der Waals surface area contributed by atoms with E-state index in [1.54, 1.807) is 0 Å². The summed E-state index contributed by atoms with van der Waals surface area (Å²) in [4.78, 5) is 0. The van der Waals surface area contributed by atoms with Crippen LogP contribution in [0.4, 0.5) is 0 Å². The first-order chi connectivity index (χ1) is 4.81. The first kappa shape index (κ1) is 6.58. The van der Waals surface area contributed by atoms with Crippen molar-refractivity contribution in [2.24, 2.45) is 5.41 Å². The number of hydrogen-bond donors (Lipinski definition) is 1. The van der Waals surface area contributed by atoms with E-state index in [4.69, 9.17) is 9.47 Å². The van der Waals surface area contributed by atoms with Gasteiger partial charge < -0.3 is 9.47 Å². The summed E-state index contributed by atoms with van der Waals surface area (Å²) in [7, 11) is 0. The average molecular weight is 143 g/mol. The molecule has 0 amide bonds. The Morgan fingerprint density at radius 2 is 2.20 bits per heavy atom. The minimum atomic E-state index is 0.228. The van der Waals surface area contributed by atoms with Crippen LogP contribution in [0.1, 0.15) is 6.92 Å². The minimum absolute atomic E-state index is 0.228. The molecule has 2 aliphatic rings. The molecule has 2 aliphatic heterocycles. The van der Waals surface area contributed by atoms with Crippen molar-refractivity contribution in [2.45, 2.75) is 13.2 Å². The monoisotopic (exact) mass is 143 g/mol. The van der Waals surface area contributed by atoms with Crippen molar-refractivity contribution in [1.29, 1.82) is 0 Å². The van der Waals surface area contributed by atoms with Crippen molar-refractivity contribution in [3.8, 4) is 0 Å². The molecular weight excluding hydrogens is 130 g/mol. The first-order valence-corrected chi connectivity index (χ1v) is 3.74. The van der Waals surface area contributed by atoms with E-state index in [9.17, 15) is 0 Å². The van der Waals surface area contributed by atoms with E-state index in [2.05, 4.69) is 5.32 Å². The molecule has 2 rings (SSSR count). The van der Waals surface area contributed by atoms with E-state index >= 15 is 0 Å². The highest BCUT2D eigenvalue weighted by atomic mass is 16.5. The van der Waals surface area contributed by atoms with Crippen LogP contribution in [-0.2, 0) is 9.47 Å². The van der Waals surface area contributed by atoms with Crippen LogP contribution in [-0.4, -0.2) is 32.6 Å². The molecular formula is C7H13NO2. The molecule has 1 spiro atoms. The summed E-state index contributed by atoms with van der Waals surface area (Å²) in [6.45, 7) is 5.68. The molecule has 2 saturated heterocycles. The van der Waals surface area contributed by atoms with Crippen LogP contribution in [0.15, 0.2) is 0 Å². The third-order valence-corrected chi connectivity index (χ3v) is 2.22. The SMILES string of the molecule is CC1NCC2(COC2)CO1. The summed E-state index contributed by atoms with van der Waals surface area (Å²) in [5, 5.41) is 3.27. The van der Waals surface area contributed by atoms with Crippen LogP contribution in [0, 0.1) is 5.41 Å². The Bertz CT molecular complexity index is 124. The maximum atomic E-state index is 5.44. The molecule has 0 bridgehead atoms. The normalized spacial score (nSPS) is 37.5. The summed E-state index contributed by atoms with van der Waals surface area (Å²) in [6.07, 6.45) is 0.228. The number of nitrogens with one attached hydrogen (secondary N) is 1. The summed E-state index contributed by atoms with van der Waals surface area (Å²) in [6, 6.07) is 0. The van der Waals surface area contributed by atoms with Crippen LogP contribution in [0.25, 0.3) is 0 Å². The summed E-state index contributed by atoms with van der Waals surface area (Å²) in [5.41, 5.74) is 0.326. The van der Waals surface area contributed by atoms with Gasteiger partial charge in [-0.1, -0.05) is 0 Å². The summed E-state index contributed by atoms with van der Waals surface area (Å²) < 4.78 is 10.6. The molecule has 0 aromatic heterocycles. The van der Waals surface area contributed by atoms with Crippen LogP contribution in [0.3, 0.4) is 0 Å². The Labute approximate surface area is 60.7 Å².